The van der Waals surface area contributed by atoms with Crippen LogP contribution < -0.4 is 4.74 Å². The predicted octanol–water partition coefficient (Wildman–Crippen LogP) is 2.86. The first-order chi connectivity index (χ1) is 7.85. The molecular weight excluding hydrogens is 216 g/mol. The van der Waals surface area contributed by atoms with Crippen molar-refractivity contribution in [3.8, 4) is 5.75 Å². The zero-order valence-electron chi connectivity index (χ0n) is 10.5. The van der Waals surface area contributed by atoms with Crippen LogP contribution in [0.25, 0.3) is 6.08 Å². The number of carboxylic acids is 1. The summed E-state index contributed by atoms with van der Waals surface area (Å²) in [7, 11) is 0. The Morgan fingerprint density at radius 3 is 2.53 bits per heavy atom. The van der Waals surface area contributed by atoms with E-state index in [9.17, 15) is 9.90 Å². The van der Waals surface area contributed by atoms with Crippen LogP contribution in [0, 0.1) is 20.8 Å². The smallest absolute Gasteiger partial charge is 0.351 e. The van der Waals surface area contributed by atoms with Crippen LogP contribution in [0.2, 0.25) is 0 Å². The van der Waals surface area contributed by atoms with Gasteiger partial charge >= 0.3 is 5.97 Å². The maximum atomic E-state index is 11.2. The van der Waals surface area contributed by atoms with Crippen molar-refractivity contribution in [2.24, 2.45) is 0 Å². The summed E-state index contributed by atoms with van der Waals surface area (Å²) in [5.74, 6) is -0.284. The number of hydrogen-bond acceptors (Lipinski definition) is 2. The first-order valence-corrected chi connectivity index (χ1v) is 5.57. The van der Waals surface area contributed by atoms with E-state index in [-0.39, 0.29) is 0 Å². The number of rotatable bonds is 1. The summed E-state index contributed by atoms with van der Waals surface area (Å²) in [6.45, 7) is 7.52. The molecule has 0 aromatic heterocycles. The topological polar surface area (TPSA) is 46.5 Å². The van der Waals surface area contributed by atoms with Crippen LogP contribution in [0.3, 0.4) is 0 Å². The minimum Gasteiger partial charge on any atom is -0.478 e. The number of aryl methyl sites for hydroxylation is 2. The van der Waals surface area contributed by atoms with Crippen LogP contribution in [0.1, 0.15) is 29.2 Å². The van der Waals surface area contributed by atoms with E-state index in [2.05, 4.69) is 6.07 Å². The first-order valence-electron chi connectivity index (χ1n) is 5.57. The molecule has 1 N–H and O–H groups in total. The summed E-state index contributed by atoms with van der Waals surface area (Å²) >= 11 is 0. The second-order valence-corrected chi connectivity index (χ2v) is 4.73. The standard InChI is InChI=1S/C14H16O3/c1-8-7-9(2)11-5-6-14(4,13(15)16)17-12(11)10(8)3/h5-7H,1-4H3,(H,15,16). The second kappa shape index (κ2) is 3.62. The van der Waals surface area contributed by atoms with Crippen molar-refractivity contribution in [3.63, 3.8) is 0 Å². The van der Waals surface area contributed by atoms with Crippen LogP contribution >= 0.6 is 0 Å². The molecule has 0 fully saturated rings. The van der Waals surface area contributed by atoms with Crippen molar-refractivity contribution in [1.82, 2.24) is 0 Å². The highest BCUT2D eigenvalue weighted by molar-refractivity contribution is 5.84. The van der Waals surface area contributed by atoms with E-state index >= 15 is 0 Å². The molecule has 3 nitrogen and oxygen atoms in total. The fourth-order valence-corrected chi connectivity index (χ4v) is 2.01. The maximum Gasteiger partial charge on any atom is 0.351 e. The fraction of sp³-hybridized carbons (Fsp3) is 0.357. The Morgan fingerprint density at radius 2 is 1.94 bits per heavy atom. The Kier molecular flexibility index (Phi) is 2.49. The molecule has 0 amide bonds. The van der Waals surface area contributed by atoms with Gasteiger partial charge in [0.05, 0.1) is 0 Å². The van der Waals surface area contributed by atoms with Crippen LogP contribution in [0.4, 0.5) is 0 Å². The predicted molar refractivity (Wildman–Crippen MR) is 66.4 cm³/mol. The molecule has 1 atom stereocenters. The Bertz CT molecular complexity index is 529. The molecule has 0 spiro atoms. The highest BCUT2D eigenvalue weighted by atomic mass is 16.5. The van der Waals surface area contributed by atoms with Crippen molar-refractivity contribution in [2.45, 2.75) is 33.3 Å². The van der Waals surface area contributed by atoms with Gasteiger partial charge in [-0.15, -0.1) is 0 Å². The summed E-state index contributed by atoms with van der Waals surface area (Å²) in [5, 5.41) is 9.18. The van der Waals surface area contributed by atoms with Crippen molar-refractivity contribution >= 4 is 12.0 Å². The van der Waals surface area contributed by atoms with Crippen LogP contribution in [0.15, 0.2) is 12.1 Å². The van der Waals surface area contributed by atoms with Crippen molar-refractivity contribution in [3.05, 3.63) is 34.4 Å². The average Bonchev–Trinajstić information content (AvgIpc) is 2.25. The largest absolute Gasteiger partial charge is 0.478 e. The summed E-state index contributed by atoms with van der Waals surface area (Å²) in [6, 6.07) is 2.09. The van der Waals surface area contributed by atoms with Gasteiger partial charge < -0.3 is 9.84 Å². The summed E-state index contributed by atoms with van der Waals surface area (Å²) in [5.41, 5.74) is 2.93. The third kappa shape index (κ3) is 1.71. The van der Waals surface area contributed by atoms with E-state index in [0.29, 0.717) is 5.75 Å². The van der Waals surface area contributed by atoms with Crippen molar-refractivity contribution in [2.75, 3.05) is 0 Å². The average molecular weight is 232 g/mol. The van der Waals surface area contributed by atoms with Gasteiger partial charge in [-0.1, -0.05) is 12.1 Å². The number of fused-ring (bicyclic) bond motifs is 1. The number of carboxylic acid groups (broad SMARTS) is 1. The van der Waals surface area contributed by atoms with Crippen LogP contribution in [-0.4, -0.2) is 16.7 Å². The minimum absolute atomic E-state index is 0.690. The minimum atomic E-state index is -1.27. The number of ether oxygens (including phenoxy) is 1. The maximum absolute atomic E-state index is 11.2. The van der Waals surface area contributed by atoms with E-state index in [1.807, 2.05) is 26.8 Å². The molecule has 1 unspecified atom stereocenters. The van der Waals surface area contributed by atoms with Gasteiger partial charge in [0.2, 0.25) is 5.60 Å². The molecule has 0 aliphatic carbocycles. The molecule has 17 heavy (non-hydrogen) atoms. The second-order valence-electron chi connectivity index (χ2n) is 4.73. The molecule has 1 aliphatic rings. The molecule has 1 heterocycles. The lowest BCUT2D eigenvalue weighted by Gasteiger charge is -2.30. The zero-order valence-corrected chi connectivity index (χ0v) is 10.5. The zero-order chi connectivity index (χ0) is 12.8. The molecule has 3 heteroatoms. The highest BCUT2D eigenvalue weighted by Crippen LogP contribution is 2.37. The normalized spacial score (nSPS) is 21.9. The number of benzene rings is 1. The van der Waals surface area contributed by atoms with Gasteiger partial charge in [-0.05, 0) is 50.5 Å². The molecular formula is C14H16O3. The van der Waals surface area contributed by atoms with Gasteiger partial charge in [-0.25, -0.2) is 4.79 Å². The van der Waals surface area contributed by atoms with Gasteiger partial charge in [0.1, 0.15) is 5.75 Å². The summed E-state index contributed by atoms with van der Waals surface area (Å²) < 4.78 is 5.69. The Labute approximate surface area is 101 Å². The Hall–Kier alpha value is -1.77. The van der Waals surface area contributed by atoms with E-state index < -0.39 is 11.6 Å². The van der Waals surface area contributed by atoms with Crippen LogP contribution in [-0.2, 0) is 4.79 Å². The Morgan fingerprint density at radius 1 is 1.29 bits per heavy atom. The van der Waals surface area contributed by atoms with Gasteiger partial charge in [0, 0.05) is 5.56 Å². The van der Waals surface area contributed by atoms with Gasteiger partial charge in [-0.3, -0.25) is 0 Å². The van der Waals surface area contributed by atoms with Gasteiger partial charge in [-0.2, -0.15) is 0 Å². The van der Waals surface area contributed by atoms with Crippen molar-refractivity contribution in [1.29, 1.82) is 0 Å². The lowest BCUT2D eigenvalue weighted by atomic mass is 9.93. The number of carbonyl (C=O) groups is 1. The fourth-order valence-electron chi connectivity index (χ4n) is 2.01. The molecule has 1 aromatic carbocycles. The summed E-state index contributed by atoms with van der Waals surface area (Å²) in [6.07, 6.45) is 3.44. The molecule has 1 aromatic rings. The molecule has 0 saturated carbocycles. The highest BCUT2D eigenvalue weighted by Gasteiger charge is 2.36. The van der Waals surface area contributed by atoms with Crippen LogP contribution in [0.5, 0.6) is 5.75 Å². The molecule has 1 aliphatic heterocycles. The molecule has 90 valence electrons. The van der Waals surface area contributed by atoms with E-state index in [4.69, 9.17) is 4.74 Å². The summed E-state index contributed by atoms with van der Waals surface area (Å²) in [4.78, 5) is 11.2. The number of hydrogen-bond donors (Lipinski definition) is 1. The Balaban J connectivity index is 2.62. The SMILES string of the molecule is Cc1cc(C)c2c(c1C)OC(C)(C(=O)O)C=C2. The lowest BCUT2D eigenvalue weighted by Crippen LogP contribution is -2.41. The third-order valence-electron chi connectivity index (χ3n) is 3.34. The van der Waals surface area contributed by atoms with Gasteiger partial charge in [0.15, 0.2) is 0 Å². The van der Waals surface area contributed by atoms with Crippen molar-refractivity contribution < 1.29 is 14.6 Å². The first kappa shape index (κ1) is 11.7. The van der Waals surface area contributed by atoms with E-state index in [1.165, 1.54) is 0 Å². The van der Waals surface area contributed by atoms with E-state index in [1.54, 1.807) is 13.0 Å². The monoisotopic (exact) mass is 232 g/mol. The molecule has 2 rings (SSSR count). The molecule has 0 saturated heterocycles. The molecule has 0 radical (unpaired) electrons. The van der Waals surface area contributed by atoms with E-state index in [0.717, 1.165) is 22.3 Å². The number of aliphatic carboxylic acids is 1. The van der Waals surface area contributed by atoms with Gasteiger partial charge in [0.25, 0.3) is 0 Å². The lowest BCUT2D eigenvalue weighted by molar-refractivity contribution is -0.149. The quantitative estimate of drug-likeness (QED) is 0.809. The third-order valence-corrected chi connectivity index (χ3v) is 3.34. The molecule has 0 bridgehead atoms.